The van der Waals surface area contributed by atoms with Gasteiger partial charge in [-0.05, 0) is 37.8 Å². The van der Waals surface area contributed by atoms with Gasteiger partial charge in [0, 0.05) is 25.3 Å². The van der Waals surface area contributed by atoms with Crippen LogP contribution in [-0.2, 0) is 7.05 Å². The molecule has 0 bridgehead atoms. The zero-order valence-electron chi connectivity index (χ0n) is 10.7. The molecule has 0 aromatic carbocycles. The molecule has 1 aromatic rings. The van der Waals surface area contributed by atoms with Crippen molar-refractivity contribution in [2.75, 3.05) is 11.5 Å². The van der Waals surface area contributed by atoms with E-state index in [1.807, 2.05) is 29.7 Å². The maximum absolute atomic E-state index is 4.19. The van der Waals surface area contributed by atoms with Crippen molar-refractivity contribution >= 4 is 11.8 Å². The van der Waals surface area contributed by atoms with Crippen molar-refractivity contribution in [3.8, 4) is 0 Å². The predicted octanol–water partition coefficient (Wildman–Crippen LogP) is 2.60. The number of rotatable bonds is 7. The maximum Gasteiger partial charge on any atom is 0.0547 e. The molecule has 0 aliphatic rings. The fourth-order valence-corrected chi connectivity index (χ4v) is 2.62. The predicted molar refractivity (Wildman–Crippen MR) is 71.8 cm³/mol. The summed E-state index contributed by atoms with van der Waals surface area (Å²) in [7, 11) is 1.99. The van der Waals surface area contributed by atoms with Crippen LogP contribution >= 0.6 is 11.8 Å². The highest BCUT2D eigenvalue weighted by Crippen LogP contribution is 2.13. The lowest BCUT2D eigenvalue weighted by Crippen LogP contribution is -2.30. The van der Waals surface area contributed by atoms with E-state index in [-0.39, 0.29) is 0 Å². The van der Waals surface area contributed by atoms with Gasteiger partial charge in [0.1, 0.15) is 0 Å². The normalized spacial score (nSPS) is 15.0. The molecule has 1 aromatic heterocycles. The first-order valence-electron chi connectivity index (χ1n) is 5.96. The average Bonchev–Trinajstić information content (AvgIpc) is 2.65. The molecule has 1 rings (SSSR count). The molecule has 0 aliphatic carbocycles. The number of hydrogen-bond acceptors (Lipinski definition) is 3. The lowest BCUT2D eigenvalue weighted by molar-refractivity contribution is 0.451. The summed E-state index contributed by atoms with van der Waals surface area (Å²) in [5.41, 5.74) is 1.25. The van der Waals surface area contributed by atoms with Gasteiger partial charge in [-0.25, -0.2) is 0 Å². The first-order chi connectivity index (χ1) is 7.65. The van der Waals surface area contributed by atoms with Crippen LogP contribution in [-0.4, -0.2) is 27.3 Å². The zero-order chi connectivity index (χ0) is 12.0. The van der Waals surface area contributed by atoms with Crippen molar-refractivity contribution in [2.45, 2.75) is 39.3 Å². The molecule has 0 spiro atoms. The van der Waals surface area contributed by atoms with Crippen LogP contribution in [0.1, 0.15) is 38.9 Å². The van der Waals surface area contributed by atoms with Crippen LogP contribution in [0.15, 0.2) is 12.3 Å². The van der Waals surface area contributed by atoms with Crippen molar-refractivity contribution < 1.29 is 0 Å². The first kappa shape index (κ1) is 13.6. The molecule has 0 aliphatic heterocycles. The third kappa shape index (κ3) is 4.18. The fourth-order valence-electron chi connectivity index (χ4n) is 1.81. The molecule has 0 saturated heterocycles. The van der Waals surface area contributed by atoms with E-state index in [9.17, 15) is 0 Å². The second kappa shape index (κ2) is 6.97. The Morgan fingerprint density at radius 3 is 2.81 bits per heavy atom. The number of nitrogens with one attached hydrogen (secondary N) is 1. The topological polar surface area (TPSA) is 29.9 Å². The van der Waals surface area contributed by atoms with Gasteiger partial charge < -0.3 is 5.32 Å². The summed E-state index contributed by atoms with van der Waals surface area (Å²) >= 11 is 2.01. The highest BCUT2D eigenvalue weighted by Gasteiger charge is 2.11. The van der Waals surface area contributed by atoms with Gasteiger partial charge in [-0.1, -0.05) is 6.92 Å². The van der Waals surface area contributed by atoms with Crippen molar-refractivity contribution in [3.05, 3.63) is 18.0 Å². The Bertz CT molecular complexity index is 298. The van der Waals surface area contributed by atoms with Gasteiger partial charge in [-0.2, -0.15) is 16.9 Å². The van der Waals surface area contributed by atoms with E-state index in [1.54, 1.807) is 0 Å². The highest BCUT2D eigenvalue weighted by molar-refractivity contribution is 7.99. The molecule has 1 heterocycles. The van der Waals surface area contributed by atoms with Crippen LogP contribution in [0.2, 0.25) is 0 Å². The standard InChI is InChI=1S/C12H23N3S/c1-5-16-9-7-10(2)14-11(3)12-6-8-13-15(12)4/h6,8,10-11,14H,5,7,9H2,1-4H3. The van der Waals surface area contributed by atoms with Crippen molar-refractivity contribution in [1.29, 1.82) is 0 Å². The number of thioether (sulfide) groups is 1. The van der Waals surface area contributed by atoms with Crippen LogP contribution in [0, 0.1) is 0 Å². The third-order valence-corrected chi connectivity index (χ3v) is 3.67. The van der Waals surface area contributed by atoms with Crippen molar-refractivity contribution in [2.24, 2.45) is 7.05 Å². The molecule has 0 fully saturated rings. The molecule has 2 unspecified atom stereocenters. The van der Waals surface area contributed by atoms with E-state index in [2.05, 4.69) is 37.3 Å². The lowest BCUT2D eigenvalue weighted by atomic mass is 10.2. The van der Waals surface area contributed by atoms with Gasteiger partial charge in [0.05, 0.1) is 5.69 Å². The molecule has 4 heteroatoms. The van der Waals surface area contributed by atoms with Crippen LogP contribution in [0.5, 0.6) is 0 Å². The number of nitrogens with zero attached hydrogens (tertiary/aromatic N) is 2. The Kier molecular flexibility index (Phi) is 5.91. The summed E-state index contributed by atoms with van der Waals surface area (Å²) in [4.78, 5) is 0. The van der Waals surface area contributed by atoms with Gasteiger partial charge in [0.2, 0.25) is 0 Å². The van der Waals surface area contributed by atoms with E-state index < -0.39 is 0 Å². The summed E-state index contributed by atoms with van der Waals surface area (Å²) in [6, 6.07) is 3.00. The number of aryl methyl sites for hydroxylation is 1. The Morgan fingerprint density at radius 2 is 2.25 bits per heavy atom. The second-order valence-electron chi connectivity index (χ2n) is 4.15. The van der Waals surface area contributed by atoms with E-state index in [0.29, 0.717) is 12.1 Å². The van der Waals surface area contributed by atoms with Crippen LogP contribution in [0.25, 0.3) is 0 Å². The molecule has 16 heavy (non-hydrogen) atoms. The first-order valence-corrected chi connectivity index (χ1v) is 7.12. The summed E-state index contributed by atoms with van der Waals surface area (Å²) in [5.74, 6) is 2.45. The molecular formula is C12H23N3S. The van der Waals surface area contributed by atoms with E-state index in [4.69, 9.17) is 0 Å². The Balaban J connectivity index is 2.33. The van der Waals surface area contributed by atoms with Crippen molar-refractivity contribution in [3.63, 3.8) is 0 Å². The monoisotopic (exact) mass is 241 g/mol. The van der Waals surface area contributed by atoms with Crippen molar-refractivity contribution in [1.82, 2.24) is 15.1 Å². The summed E-state index contributed by atoms with van der Waals surface area (Å²) in [6.07, 6.45) is 3.08. The van der Waals surface area contributed by atoms with Gasteiger partial charge in [-0.15, -0.1) is 0 Å². The summed E-state index contributed by atoms with van der Waals surface area (Å²) in [5, 5.41) is 7.80. The van der Waals surface area contributed by atoms with Gasteiger partial charge >= 0.3 is 0 Å². The molecule has 1 N–H and O–H groups in total. The fraction of sp³-hybridized carbons (Fsp3) is 0.750. The van der Waals surface area contributed by atoms with Gasteiger partial charge in [0.25, 0.3) is 0 Å². The molecule has 92 valence electrons. The largest absolute Gasteiger partial charge is 0.306 e. The number of aromatic nitrogens is 2. The molecule has 3 nitrogen and oxygen atoms in total. The van der Waals surface area contributed by atoms with E-state index in [1.165, 1.54) is 23.6 Å². The summed E-state index contributed by atoms with van der Waals surface area (Å²) < 4.78 is 1.94. The minimum atomic E-state index is 0.370. The lowest BCUT2D eigenvalue weighted by Gasteiger charge is -2.20. The SMILES string of the molecule is CCSCCC(C)NC(C)c1ccnn1C. The van der Waals surface area contributed by atoms with E-state index >= 15 is 0 Å². The molecule has 0 amide bonds. The second-order valence-corrected chi connectivity index (χ2v) is 5.55. The molecule has 0 saturated carbocycles. The Labute approximate surface area is 103 Å². The highest BCUT2D eigenvalue weighted by atomic mass is 32.2. The smallest absolute Gasteiger partial charge is 0.0547 e. The van der Waals surface area contributed by atoms with Gasteiger partial charge in [-0.3, -0.25) is 4.68 Å². The van der Waals surface area contributed by atoms with Crippen LogP contribution in [0.3, 0.4) is 0 Å². The molecule has 0 radical (unpaired) electrons. The zero-order valence-corrected chi connectivity index (χ0v) is 11.5. The average molecular weight is 241 g/mol. The minimum absolute atomic E-state index is 0.370. The van der Waals surface area contributed by atoms with E-state index in [0.717, 1.165) is 0 Å². The Hall–Kier alpha value is -0.480. The van der Waals surface area contributed by atoms with Crippen LogP contribution < -0.4 is 5.32 Å². The summed E-state index contributed by atoms with van der Waals surface area (Å²) in [6.45, 7) is 6.66. The number of hydrogen-bond donors (Lipinski definition) is 1. The molecule has 2 atom stereocenters. The Morgan fingerprint density at radius 1 is 1.50 bits per heavy atom. The quantitative estimate of drug-likeness (QED) is 0.744. The maximum atomic E-state index is 4.19. The molecular weight excluding hydrogens is 218 g/mol. The minimum Gasteiger partial charge on any atom is -0.306 e. The third-order valence-electron chi connectivity index (χ3n) is 2.74. The van der Waals surface area contributed by atoms with Gasteiger partial charge in [0.15, 0.2) is 0 Å². The van der Waals surface area contributed by atoms with Crippen LogP contribution in [0.4, 0.5) is 0 Å².